The molecule has 38 heavy (non-hydrogen) atoms. The third-order valence-corrected chi connectivity index (χ3v) is 6.42. The highest BCUT2D eigenvalue weighted by Crippen LogP contribution is 2.34. The quantitative estimate of drug-likeness (QED) is 0.224. The number of rotatable bonds is 6. The highest BCUT2D eigenvalue weighted by atomic mass is 19.1. The van der Waals surface area contributed by atoms with Crippen LogP contribution in [0.15, 0.2) is 79.4 Å². The summed E-state index contributed by atoms with van der Waals surface area (Å²) in [4.78, 5) is 16.8. The predicted octanol–water partition coefficient (Wildman–Crippen LogP) is 7.09. The zero-order valence-electron chi connectivity index (χ0n) is 20.7. The summed E-state index contributed by atoms with van der Waals surface area (Å²) in [5.41, 5.74) is 6.09. The van der Waals surface area contributed by atoms with Crippen molar-refractivity contribution in [1.82, 2.24) is 30.1 Å². The van der Waals surface area contributed by atoms with Gasteiger partial charge in [0.15, 0.2) is 5.82 Å². The number of allylic oxidation sites excluding steroid dienone is 1. The normalized spacial score (nSPS) is 11.5. The number of halogens is 2. The summed E-state index contributed by atoms with van der Waals surface area (Å²) in [5.74, 6) is -0.0411. The van der Waals surface area contributed by atoms with E-state index in [0.717, 1.165) is 16.9 Å². The van der Waals surface area contributed by atoms with E-state index >= 15 is 4.39 Å². The molecule has 188 valence electrons. The Morgan fingerprint density at radius 1 is 0.974 bits per heavy atom. The summed E-state index contributed by atoms with van der Waals surface area (Å²) in [6.45, 7) is 8.11. The average molecular weight is 508 g/mol. The van der Waals surface area contributed by atoms with Crippen molar-refractivity contribution in [1.29, 1.82) is 0 Å². The van der Waals surface area contributed by atoms with Gasteiger partial charge in [0.25, 0.3) is 0 Å². The molecule has 0 aliphatic heterocycles. The first-order valence-electron chi connectivity index (χ1n) is 12.1. The topological polar surface area (TPSA) is 95.2 Å². The molecular weight excluding hydrogens is 484 g/mol. The Morgan fingerprint density at radius 3 is 2.66 bits per heavy atom. The van der Waals surface area contributed by atoms with Gasteiger partial charge in [-0.25, -0.2) is 13.8 Å². The van der Waals surface area contributed by atoms with E-state index < -0.39 is 5.82 Å². The van der Waals surface area contributed by atoms with E-state index in [1.807, 2.05) is 19.9 Å². The third kappa shape index (κ3) is 4.17. The highest BCUT2D eigenvalue weighted by Gasteiger charge is 2.18. The SMILES string of the molecule is C=C(Nc1cncc(-c2cc3c(-c4nc5c(-c6cccc(F)c6)nccc5[nH]4)n[nH]c3cc2F)c1)C(C)C. The van der Waals surface area contributed by atoms with Crippen molar-refractivity contribution in [3.63, 3.8) is 0 Å². The van der Waals surface area contributed by atoms with Crippen LogP contribution in [0.2, 0.25) is 0 Å². The smallest absolute Gasteiger partial charge is 0.159 e. The molecule has 0 atom stereocenters. The van der Waals surface area contributed by atoms with E-state index in [1.54, 1.807) is 42.9 Å². The van der Waals surface area contributed by atoms with E-state index in [9.17, 15) is 4.39 Å². The number of nitrogens with zero attached hydrogens (tertiary/aromatic N) is 4. The molecule has 3 N–H and O–H groups in total. The van der Waals surface area contributed by atoms with Gasteiger partial charge >= 0.3 is 0 Å². The number of benzene rings is 2. The van der Waals surface area contributed by atoms with Crippen LogP contribution in [0.5, 0.6) is 0 Å². The maximum atomic E-state index is 15.2. The number of H-pyrrole nitrogens is 2. The van der Waals surface area contributed by atoms with Crippen LogP contribution in [-0.4, -0.2) is 30.1 Å². The van der Waals surface area contributed by atoms with Crippen molar-refractivity contribution in [3.05, 3.63) is 91.0 Å². The molecule has 4 aromatic heterocycles. The summed E-state index contributed by atoms with van der Waals surface area (Å²) < 4.78 is 29.1. The maximum absolute atomic E-state index is 15.2. The van der Waals surface area contributed by atoms with Crippen LogP contribution in [0, 0.1) is 17.6 Å². The Kier molecular flexibility index (Phi) is 5.68. The Labute approximate surface area is 216 Å². The van der Waals surface area contributed by atoms with Gasteiger partial charge in [-0.1, -0.05) is 32.6 Å². The van der Waals surface area contributed by atoms with Gasteiger partial charge in [-0.05, 0) is 36.2 Å². The lowest BCUT2D eigenvalue weighted by Gasteiger charge is -2.13. The first-order valence-corrected chi connectivity index (χ1v) is 12.1. The average Bonchev–Trinajstić information content (AvgIpc) is 3.51. The van der Waals surface area contributed by atoms with Crippen molar-refractivity contribution in [2.45, 2.75) is 13.8 Å². The molecule has 6 rings (SSSR count). The summed E-state index contributed by atoms with van der Waals surface area (Å²) in [6.07, 6.45) is 4.93. The van der Waals surface area contributed by atoms with E-state index in [-0.39, 0.29) is 11.7 Å². The fraction of sp³-hybridized carbons (Fsp3) is 0.103. The molecule has 0 bridgehead atoms. The van der Waals surface area contributed by atoms with Crippen LogP contribution in [0.1, 0.15) is 13.8 Å². The summed E-state index contributed by atoms with van der Waals surface area (Å²) in [7, 11) is 0. The number of imidazole rings is 1. The zero-order chi connectivity index (χ0) is 26.4. The number of nitrogens with one attached hydrogen (secondary N) is 3. The molecule has 0 amide bonds. The fourth-order valence-electron chi connectivity index (χ4n) is 4.32. The second kappa shape index (κ2) is 9.19. The lowest BCUT2D eigenvalue weighted by molar-refractivity contribution is 0.628. The van der Waals surface area contributed by atoms with E-state index in [2.05, 4.69) is 37.0 Å². The van der Waals surface area contributed by atoms with Crippen molar-refractivity contribution >= 4 is 27.6 Å². The van der Waals surface area contributed by atoms with Crippen molar-refractivity contribution in [3.8, 4) is 33.9 Å². The first-order chi connectivity index (χ1) is 18.4. The van der Waals surface area contributed by atoms with E-state index in [0.29, 0.717) is 50.3 Å². The number of pyridine rings is 2. The molecule has 6 aromatic rings. The standard InChI is InChI=1S/C29H23F2N7/c1-15(2)16(3)34-20-10-18(13-32-14-20)21-11-22-25(12-23(21)31)37-38-27(22)29-35-24-7-8-33-26(28(24)36-29)17-5-4-6-19(30)9-17/h4-15,34H,3H2,1-2H3,(H,35,36)(H,37,38). The Bertz CT molecular complexity index is 1830. The van der Waals surface area contributed by atoms with Crippen LogP contribution in [-0.2, 0) is 0 Å². The monoisotopic (exact) mass is 507 g/mol. The van der Waals surface area contributed by atoms with Gasteiger partial charge in [-0.15, -0.1) is 0 Å². The predicted molar refractivity (Wildman–Crippen MR) is 145 cm³/mol. The molecule has 0 saturated carbocycles. The molecule has 0 spiro atoms. The third-order valence-electron chi connectivity index (χ3n) is 6.42. The van der Waals surface area contributed by atoms with E-state index in [1.165, 1.54) is 18.2 Å². The molecule has 0 saturated heterocycles. The zero-order valence-corrected chi connectivity index (χ0v) is 20.7. The molecular formula is C29H23F2N7. The van der Waals surface area contributed by atoms with Crippen LogP contribution < -0.4 is 5.32 Å². The molecule has 0 aliphatic rings. The number of anilines is 1. The number of hydrogen-bond donors (Lipinski definition) is 3. The first kappa shape index (κ1) is 23.5. The summed E-state index contributed by atoms with van der Waals surface area (Å²) in [6, 6.07) is 13.0. The van der Waals surface area contributed by atoms with Crippen molar-refractivity contribution < 1.29 is 8.78 Å². The fourth-order valence-corrected chi connectivity index (χ4v) is 4.32. The minimum absolute atomic E-state index is 0.237. The number of hydrogen-bond acceptors (Lipinski definition) is 5. The molecule has 0 radical (unpaired) electrons. The number of aromatic nitrogens is 6. The van der Waals surface area contributed by atoms with Gasteiger partial charge in [0.2, 0.25) is 0 Å². The summed E-state index contributed by atoms with van der Waals surface area (Å²) in [5, 5.41) is 11.2. The molecule has 0 unspecified atom stereocenters. The number of fused-ring (bicyclic) bond motifs is 2. The van der Waals surface area contributed by atoms with Gasteiger partial charge in [-0.3, -0.25) is 15.1 Å². The van der Waals surface area contributed by atoms with Gasteiger partial charge in [-0.2, -0.15) is 5.10 Å². The van der Waals surface area contributed by atoms with Crippen LogP contribution >= 0.6 is 0 Å². The van der Waals surface area contributed by atoms with Gasteiger partial charge in [0, 0.05) is 46.2 Å². The molecule has 4 heterocycles. The van der Waals surface area contributed by atoms with Crippen molar-refractivity contribution in [2.75, 3.05) is 5.32 Å². The second-order valence-corrected chi connectivity index (χ2v) is 9.37. The molecule has 7 nitrogen and oxygen atoms in total. The van der Waals surface area contributed by atoms with Gasteiger partial charge in [0.1, 0.15) is 22.8 Å². The largest absolute Gasteiger partial charge is 0.358 e. The van der Waals surface area contributed by atoms with E-state index in [4.69, 9.17) is 4.98 Å². The second-order valence-electron chi connectivity index (χ2n) is 9.37. The molecule has 0 aliphatic carbocycles. The number of aromatic amines is 2. The summed E-state index contributed by atoms with van der Waals surface area (Å²) >= 11 is 0. The molecule has 0 fully saturated rings. The lowest BCUT2D eigenvalue weighted by Crippen LogP contribution is -2.04. The Morgan fingerprint density at radius 2 is 1.84 bits per heavy atom. The highest BCUT2D eigenvalue weighted by molar-refractivity contribution is 5.97. The molecule has 9 heteroatoms. The van der Waals surface area contributed by atoms with Gasteiger partial charge < -0.3 is 10.3 Å². The van der Waals surface area contributed by atoms with Crippen LogP contribution in [0.3, 0.4) is 0 Å². The van der Waals surface area contributed by atoms with Crippen molar-refractivity contribution in [2.24, 2.45) is 5.92 Å². The lowest BCUT2D eigenvalue weighted by atomic mass is 10.0. The van der Waals surface area contributed by atoms with Crippen LogP contribution in [0.4, 0.5) is 14.5 Å². The maximum Gasteiger partial charge on any atom is 0.159 e. The Balaban J connectivity index is 1.44. The Hall–Kier alpha value is -4.92. The van der Waals surface area contributed by atoms with Gasteiger partial charge in [0.05, 0.1) is 28.6 Å². The minimum Gasteiger partial charge on any atom is -0.358 e. The molecule has 2 aromatic carbocycles. The van der Waals surface area contributed by atoms with Crippen LogP contribution in [0.25, 0.3) is 55.8 Å². The minimum atomic E-state index is -0.406.